The van der Waals surface area contributed by atoms with Crippen molar-refractivity contribution in [1.29, 1.82) is 0 Å². The summed E-state index contributed by atoms with van der Waals surface area (Å²) in [4.78, 5) is 22.0. The molecule has 1 aromatic heterocycles. The average Bonchev–Trinajstić information content (AvgIpc) is 3.47. The Morgan fingerprint density at radius 1 is 1.32 bits per heavy atom. The number of fused-ring (bicyclic) bond motifs is 1. The number of benzene rings is 1. The van der Waals surface area contributed by atoms with Gasteiger partial charge in [-0.15, -0.1) is 0 Å². The first kappa shape index (κ1) is 19.8. The molecule has 3 aliphatic rings. The fourth-order valence-corrected chi connectivity index (χ4v) is 4.94. The van der Waals surface area contributed by atoms with Crippen LogP contribution in [-0.2, 0) is 9.47 Å². The highest BCUT2D eigenvalue weighted by Gasteiger charge is 2.41. The van der Waals surface area contributed by atoms with Crippen molar-refractivity contribution in [3.63, 3.8) is 0 Å². The minimum atomic E-state index is -0.263. The maximum absolute atomic E-state index is 12.8. The number of hydrogen-bond acceptors (Lipinski definition) is 7. The van der Waals surface area contributed by atoms with Crippen molar-refractivity contribution in [3.05, 3.63) is 71.7 Å². The summed E-state index contributed by atoms with van der Waals surface area (Å²) in [5, 5.41) is 7.78. The van der Waals surface area contributed by atoms with Crippen LogP contribution in [0.5, 0.6) is 0 Å². The Labute approximate surface area is 183 Å². The minimum absolute atomic E-state index is 0.0131. The van der Waals surface area contributed by atoms with Gasteiger partial charge in [-0.2, -0.15) is 5.10 Å². The molecule has 8 nitrogen and oxygen atoms in total. The number of amidine groups is 1. The Kier molecular flexibility index (Phi) is 5.44. The van der Waals surface area contributed by atoms with Crippen LogP contribution < -0.4 is 5.32 Å². The third-order valence-electron chi connectivity index (χ3n) is 5.30. The van der Waals surface area contributed by atoms with Gasteiger partial charge in [-0.1, -0.05) is 36.0 Å². The molecule has 0 saturated carbocycles. The van der Waals surface area contributed by atoms with Crippen molar-refractivity contribution in [2.45, 2.75) is 17.7 Å². The van der Waals surface area contributed by atoms with Gasteiger partial charge in [0.1, 0.15) is 6.04 Å². The van der Waals surface area contributed by atoms with Gasteiger partial charge in [0.25, 0.3) is 5.91 Å². The van der Waals surface area contributed by atoms with E-state index >= 15 is 0 Å². The number of nitrogens with zero attached hydrogens (tertiary/aromatic N) is 4. The van der Waals surface area contributed by atoms with Gasteiger partial charge >= 0.3 is 0 Å². The summed E-state index contributed by atoms with van der Waals surface area (Å²) in [6, 6.07) is 9.39. The standard InChI is InChI=1S/C22H21N5O3S/c1-29-21-18-19(17(12-23-21)14-7-9-30-10-8-14)31-22(25-18)26-20(28)15-11-24-27(13-15)16-5-3-2-4-6-16/h2-7,11-13,18-19H,8-10H2,1H3,(H,25,26,28). The maximum Gasteiger partial charge on any atom is 0.260 e. The first-order valence-corrected chi connectivity index (χ1v) is 10.9. The molecule has 4 heterocycles. The first-order chi connectivity index (χ1) is 15.2. The van der Waals surface area contributed by atoms with E-state index in [1.165, 1.54) is 17.3 Å². The SMILES string of the molecule is COC1=NC=C(C2=CCOCC2)C2SC(NC(=O)c3cnn(-c4ccccc4)c3)=NC12. The summed E-state index contributed by atoms with van der Waals surface area (Å²) in [6.07, 6.45) is 8.05. The third-order valence-corrected chi connectivity index (χ3v) is 6.50. The summed E-state index contributed by atoms with van der Waals surface area (Å²) in [7, 11) is 1.59. The molecule has 3 aliphatic heterocycles. The van der Waals surface area contributed by atoms with Crippen LogP contribution in [0.4, 0.5) is 0 Å². The highest BCUT2D eigenvalue weighted by Crippen LogP contribution is 2.39. The lowest BCUT2D eigenvalue weighted by Crippen LogP contribution is -2.33. The highest BCUT2D eigenvalue weighted by atomic mass is 32.2. The molecule has 1 aromatic carbocycles. The molecule has 0 radical (unpaired) electrons. The van der Waals surface area contributed by atoms with Crippen molar-refractivity contribution in [3.8, 4) is 5.69 Å². The summed E-state index contributed by atoms with van der Waals surface area (Å²) < 4.78 is 12.6. The molecule has 31 heavy (non-hydrogen) atoms. The Bertz CT molecular complexity index is 1120. The number of ether oxygens (including phenoxy) is 2. The highest BCUT2D eigenvalue weighted by molar-refractivity contribution is 8.15. The van der Waals surface area contributed by atoms with Crippen molar-refractivity contribution in [2.75, 3.05) is 20.3 Å². The molecule has 0 saturated heterocycles. The van der Waals surface area contributed by atoms with Crippen LogP contribution >= 0.6 is 11.8 Å². The van der Waals surface area contributed by atoms with Gasteiger partial charge in [0.05, 0.1) is 43.0 Å². The summed E-state index contributed by atoms with van der Waals surface area (Å²) in [5.41, 5.74) is 3.69. The van der Waals surface area contributed by atoms with E-state index in [1.807, 2.05) is 36.5 Å². The molecule has 1 amide bonds. The van der Waals surface area contributed by atoms with Crippen LogP contribution in [0.25, 0.3) is 5.69 Å². The normalized spacial score (nSPS) is 22.6. The lowest BCUT2D eigenvalue weighted by Gasteiger charge is -2.26. The first-order valence-electron chi connectivity index (χ1n) is 9.98. The Hall–Kier alpha value is -3.17. The molecule has 0 bridgehead atoms. The zero-order valence-corrected chi connectivity index (χ0v) is 17.7. The van der Waals surface area contributed by atoms with Gasteiger partial charge < -0.3 is 14.8 Å². The Balaban J connectivity index is 1.33. The zero-order chi connectivity index (χ0) is 21.2. The monoisotopic (exact) mass is 435 g/mol. The van der Waals surface area contributed by atoms with Crippen molar-refractivity contribution < 1.29 is 14.3 Å². The number of para-hydroxylation sites is 1. The van der Waals surface area contributed by atoms with E-state index in [4.69, 9.17) is 14.5 Å². The molecule has 0 spiro atoms. The maximum atomic E-state index is 12.8. The quantitative estimate of drug-likeness (QED) is 0.801. The number of rotatable bonds is 3. The molecule has 1 N–H and O–H groups in total. The summed E-state index contributed by atoms with van der Waals surface area (Å²) in [5.74, 6) is 0.300. The predicted molar refractivity (Wildman–Crippen MR) is 120 cm³/mol. The van der Waals surface area contributed by atoms with Crippen LogP contribution in [0.15, 0.2) is 76.1 Å². The van der Waals surface area contributed by atoms with Crippen LogP contribution in [0, 0.1) is 0 Å². The van der Waals surface area contributed by atoms with Crippen LogP contribution in [0.2, 0.25) is 0 Å². The molecule has 0 fully saturated rings. The van der Waals surface area contributed by atoms with Crippen molar-refractivity contribution in [1.82, 2.24) is 15.1 Å². The van der Waals surface area contributed by atoms with E-state index in [2.05, 4.69) is 21.5 Å². The number of thioether (sulfide) groups is 1. The zero-order valence-electron chi connectivity index (χ0n) is 16.9. The molecule has 0 aliphatic carbocycles. The van der Waals surface area contributed by atoms with E-state index < -0.39 is 0 Å². The summed E-state index contributed by atoms with van der Waals surface area (Å²) >= 11 is 1.52. The van der Waals surface area contributed by atoms with Crippen molar-refractivity contribution in [2.24, 2.45) is 9.98 Å². The fraction of sp³-hybridized carbons (Fsp3) is 0.273. The lowest BCUT2D eigenvalue weighted by molar-refractivity contribution is 0.0978. The smallest absolute Gasteiger partial charge is 0.260 e. The Morgan fingerprint density at radius 3 is 2.97 bits per heavy atom. The van der Waals surface area contributed by atoms with E-state index in [0.717, 1.165) is 17.7 Å². The topological polar surface area (TPSA) is 90.1 Å². The molecule has 2 atom stereocenters. The van der Waals surface area contributed by atoms with E-state index in [1.54, 1.807) is 24.2 Å². The predicted octanol–water partition coefficient (Wildman–Crippen LogP) is 2.73. The summed E-state index contributed by atoms with van der Waals surface area (Å²) in [6.45, 7) is 1.30. The van der Waals surface area contributed by atoms with Gasteiger partial charge in [0.15, 0.2) is 5.17 Å². The number of nitrogens with one attached hydrogen (secondary N) is 1. The van der Waals surface area contributed by atoms with Gasteiger partial charge in [-0.05, 0) is 29.7 Å². The Morgan fingerprint density at radius 2 is 2.19 bits per heavy atom. The second-order valence-corrected chi connectivity index (χ2v) is 8.32. The number of methoxy groups -OCH3 is 1. The molecule has 2 unspecified atom stereocenters. The fourth-order valence-electron chi connectivity index (χ4n) is 3.73. The number of amides is 1. The minimum Gasteiger partial charge on any atom is -0.482 e. The second kappa shape index (κ2) is 8.52. The van der Waals surface area contributed by atoms with Gasteiger partial charge in [0.2, 0.25) is 5.90 Å². The van der Waals surface area contributed by atoms with E-state index in [0.29, 0.717) is 29.8 Å². The molecule has 5 rings (SSSR count). The number of aliphatic imine (C=N–C) groups is 2. The number of hydrogen-bond donors (Lipinski definition) is 1. The molecular weight excluding hydrogens is 414 g/mol. The number of carbonyl (C=O) groups excluding carboxylic acids is 1. The molecule has 2 aromatic rings. The second-order valence-electron chi connectivity index (χ2n) is 7.19. The van der Waals surface area contributed by atoms with Crippen LogP contribution in [0.3, 0.4) is 0 Å². The van der Waals surface area contributed by atoms with Crippen LogP contribution in [-0.4, -0.2) is 58.4 Å². The largest absolute Gasteiger partial charge is 0.482 e. The van der Waals surface area contributed by atoms with Gasteiger partial charge in [0, 0.05) is 12.4 Å². The molecule has 9 heteroatoms. The third kappa shape index (κ3) is 3.94. The van der Waals surface area contributed by atoms with E-state index in [9.17, 15) is 4.79 Å². The van der Waals surface area contributed by atoms with E-state index in [-0.39, 0.29) is 17.2 Å². The van der Waals surface area contributed by atoms with Gasteiger partial charge in [-0.25, -0.2) is 14.7 Å². The molecule has 158 valence electrons. The number of aromatic nitrogens is 2. The average molecular weight is 436 g/mol. The lowest BCUT2D eigenvalue weighted by atomic mass is 9.94. The number of carbonyl (C=O) groups is 1. The van der Waals surface area contributed by atoms with Crippen LogP contribution in [0.1, 0.15) is 16.8 Å². The van der Waals surface area contributed by atoms with Gasteiger partial charge in [-0.3, -0.25) is 4.79 Å². The van der Waals surface area contributed by atoms with Crippen molar-refractivity contribution >= 4 is 28.7 Å². The molecular formula is C22H21N5O3S.